The van der Waals surface area contributed by atoms with E-state index in [1.807, 2.05) is 49.8 Å². The minimum Gasteiger partial charge on any atom is -0.478 e. The third-order valence-corrected chi connectivity index (χ3v) is 7.65. The van der Waals surface area contributed by atoms with Crippen LogP contribution in [0.2, 0.25) is 0 Å². The number of imidazole rings is 1. The van der Waals surface area contributed by atoms with Crippen LogP contribution in [0, 0.1) is 0 Å². The summed E-state index contributed by atoms with van der Waals surface area (Å²) in [6, 6.07) is 14.3. The molecule has 0 radical (unpaired) electrons. The van der Waals surface area contributed by atoms with E-state index < -0.39 is 0 Å². The van der Waals surface area contributed by atoms with Gasteiger partial charge in [-0.05, 0) is 50.1 Å². The maximum Gasteiger partial charge on any atom is 0.215 e. The summed E-state index contributed by atoms with van der Waals surface area (Å²) in [5, 5.41) is 3.39. The van der Waals surface area contributed by atoms with Crippen LogP contribution in [0.4, 0.5) is 23.3 Å². The van der Waals surface area contributed by atoms with Crippen molar-refractivity contribution in [2.75, 3.05) is 48.0 Å². The summed E-state index contributed by atoms with van der Waals surface area (Å²) < 4.78 is 13.6. The van der Waals surface area contributed by atoms with Crippen LogP contribution in [0.3, 0.4) is 0 Å². The molecule has 0 aliphatic carbocycles. The molecular formula is C31H38N8O2. The molecule has 214 valence electrons. The van der Waals surface area contributed by atoms with Crippen LogP contribution in [0.15, 0.2) is 54.9 Å². The number of ether oxygens (including phenoxy) is 2. The molecule has 1 atom stereocenters. The van der Waals surface area contributed by atoms with Gasteiger partial charge >= 0.3 is 0 Å². The van der Waals surface area contributed by atoms with Crippen LogP contribution in [-0.2, 0) is 24.8 Å². The van der Waals surface area contributed by atoms with Crippen LogP contribution >= 0.6 is 0 Å². The molecule has 0 spiro atoms. The Morgan fingerprint density at radius 3 is 2.73 bits per heavy atom. The number of aryl methyl sites for hydroxylation is 1. The van der Waals surface area contributed by atoms with Crippen molar-refractivity contribution in [1.29, 1.82) is 0 Å². The van der Waals surface area contributed by atoms with Crippen LogP contribution in [0.1, 0.15) is 37.9 Å². The Morgan fingerprint density at radius 1 is 1.07 bits per heavy atom. The maximum atomic E-state index is 5.77. The van der Waals surface area contributed by atoms with Gasteiger partial charge in [0.15, 0.2) is 5.82 Å². The number of hydrogen-bond donors (Lipinski definition) is 1. The van der Waals surface area contributed by atoms with Gasteiger partial charge in [-0.15, -0.1) is 0 Å². The normalized spacial score (nSPS) is 16.9. The Morgan fingerprint density at radius 2 is 1.95 bits per heavy atom. The van der Waals surface area contributed by atoms with Crippen molar-refractivity contribution in [3.05, 3.63) is 66.1 Å². The van der Waals surface area contributed by atoms with E-state index in [-0.39, 0.29) is 6.04 Å². The van der Waals surface area contributed by atoms with E-state index in [4.69, 9.17) is 19.4 Å². The van der Waals surface area contributed by atoms with Crippen LogP contribution < -0.4 is 19.9 Å². The molecule has 1 saturated heterocycles. The summed E-state index contributed by atoms with van der Waals surface area (Å²) in [6.07, 6.45) is 6.81. The first-order valence-corrected chi connectivity index (χ1v) is 14.5. The van der Waals surface area contributed by atoms with E-state index in [2.05, 4.69) is 55.6 Å². The Balaban J connectivity index is 1.27. The van der Waals surface area contributed by atoms with Crippen LogP contribution in [0.5, 0.6) is 5.88 Å². The molecule has 1 aromatic carbocycles. The number of hydrogen-bond acceptors (Lipinski definition) is 9. The number of nitrogens with zero attached hydrogens (tertiary/aromatic N) is 7. The van der Waals surface area contributed by atoms with Crippen molar-refractivity contribution in [2.24, 2.45) is 7.05 Å². The summed E-state index contributed by atoms with van der Waals surface area (Å²) in [5.41, 5.74) is 4.20. The zero-order chi connectivity index (χ0) is 28.2. The second-order valence-electron chi connectivity index (χ2n) is 10.7. The Bertz CT molecular complexity index is 1470. The molecule has 10 heteroatoms. The van der Waals surface area contributed by atoms with Crippen molar-refractivity contribution >= 4 is 23.3 Å². The first kappa shape index (κ1) is 27.0. The number of morpholine rings is 1. The van der Waals surface area contributed by atoms with Gasteiger partial charge in [0, 0.05) is 55.4 Å². The van der Waals surface area contributed by atoms with Gasteiger partial charge in [-0.25, -0.2) is 15.0 Å². The molecule has 1 fully saturated rings. The van der Waals surface area contributed by atoms with E-state index in [0.29, 0.717) is 32.2 Å². The average molecular weight is 555 g/mol. The zero-order valence-electron chi connectivity index (χ0n) is 24.1. The van der Waals surface area contributed by atoms with Gasteiger partial charge in [0.05, 0.1) is 38.1 Å². The largest absolute Gasteiger partial charge is 0.478 e. The topological polar surface area (TPSA) is 93.5 Å². The third kappa shape index (κ3) is 5.97. The molecule has 1 unspecified atom stereocenters. The molecule has 0 saturated carbocycles. The van der Waals surface area contributed by atoms with Gasteiger partial charge in [-0.2, -0.15) is 4.98 Å². The minimum atomic E-state index is 0.254. The molecule has 6 rings (SSSR count). The lowest BCUT2D eigenvalue weighted by molar-refractivity contribution is 0.0984. The number of rotatable bonds is 9. The molecule has 5 heterocycles. The maximum absolute atomic E-state index is 5.77. The smallest absolute Gasteiger partial charge is 0.215 e. The highest BCUT2D eigenvalue weighted by molar-refractivity contribution is 5.66. The molecule has 41 heavy (non-hydrogen) atoms. The standard InChI is InChI=1S/C31H38N8O2/c1-4-5-18-41-28-8-6-7-27(35-28)33-24-11-9-23(10-12-24)29-34-26-20-38(31-32-14-16-37(31)3)15-13-25(26)30(36-29)39-17-19-40-21-22(39)2/h6-12,14,16,22H,4-5,13,15,17-21H2,1-3H3,(H,33,35). The zero-order valence-corrected chi connectivity index (χ0v) is 24.1. The lowest BCUT2D eigenvalue weighted by Gasteiger charge is -2.38. The number of fused-ring (bicyclic) bond motifs is 1. The lowest BCUT2D eigenvalue weighted by Crippen LogP contribution is -2.45. The number of nitrogens with one attached hydrogen (secondary N) is 1. The van der Waals surface area contributed by atoms with Gasteiger partial charge in [-0.3, -0.25) is 0 Å². The molecule has 4 aromatic rings. The van der Waals surface area contributed by atoms with Gasteiger partial charge in [0.1, 0.15) is 11.6 Å². The highest BCUT2D eigenvalue weighted by Crippen LogP contribution is 2.33. The van der Waals surface area contributed by atoms with Gasteiger partial charge in [0.2, 0.25) is 11.8 Å². The van der Waals surface area contributed by atoms with Gasteiger partial charge < -0.3 is 29.2 Å². The average Bonchev–Trinajstić information content (AvgIpc) is 3.43. The molecule has 2 aliphatic heterocycles. The number of anilines is 4. The first-order chi connectivity index (χ1) is 20.1. The molecule has 2 aliphatic rings. The van der Waals surface area contributed by atoms with Crippen molar-refractivity contribution in [2.45, 2.75) is 45.7 Å². The fourth-order valence-electron chi connectivity index (χ4n) is 5.39. The first-order valence-electron chi connectivity index (χ1n) is 14.5. The highest BCUT2D eigenvalue weighted by atomic mass is 16.5. The number of benzene rings is 1. The van der Waals surface area contributed by atoms with Crippen LogP contribution in [-0.4, -0.2) is 63.5 Å². The van der Waals surface area contributed by atoms with E-state index in [9.17, 15) is 0 Å². The van der Waals surface area contributed by atoms with Crippen molar-refractivity contribution < 1.29 is 9.47 Å². The summed E-state index contributed by atoms with van der Waals surface area (Å²) >= 11 is 0. The second kappa shape index (κ2) is 12.1. The Labute approximate surface area is 241 Å². The van der Waals surface area contributed by atoms with Crippen molar-refractivity contribution in [1.82, 2.24) is 24.5 Å². The Hall–Kier alpha value is -4.18. The molecule has 0 amide bonds. The van der Waals surface area contributed by atoms with Crippen molar-refractivity contribution in [3.63, 3.8) is 0 Å². The molecular weight excluding hydrogens is 516 g/mol. The highest BCUT2D eigenvalue weighted by Gasteiger charge is 2.29. The fourth-order valence-corrected chi connectivity index (χ4v) is 5.39. The number of aromatic nitrogens is 5. The van der Waals surface area contributed by atoms with E-state index in [0.717, 1.165) is 72.7 Å². The number of pyridine rings is 1. The van der Waals surface area contributed by atoms with Gasteiger partial charge in [-0.1, -0.05) is 19.4 Å². The van der Waals surface area contributed by atoms with Crippen molar-refractivity contribution in [3.8, 4) is 17.3 Å². The summed E-state index contributed by atoms with van der Waals surface area (Å²) in [5.74, 6) is 4.10. The SMILES string of the molecule is CCCCOc1cccc(Nc2ccc(-c3nc4c(c(N5CCOCC5C)n3)CCN(c3nccn3C)C4)cc2)n1. The van der Waals surface area contributed by atoms with Crippen LogP contribution in [0.25, 0.3) is 11.4 Å². The second-order valence-corrected chi connectivity index (χ2v) is 10.7. The molecule has 10 nitrogen and oxygen atoms in total. The minimum absolute atomic E-state index is 0.254. The molecule has 1 N–H and O–H groups in total. The monoisotopic (exact) mass is 554 g/mol. The molecule has 3 aromatic heterocycles. The number of unbranched alkanes of at least 4 members (excludes halogenated alkanes) is 1. The fraction of sp³-hybridized carbons (Fsp3) is 0.419. The van der Waals surface area contributed by atoms with E-state index >= 15 is 0 Å². The molecule has 0 bridgehead atoms. The lowest BCUT2D eigenvalue weighted by atomic mass is 10.0. The summed E-state index contributed by atoms with van der Waals surface area (Å²) in [6.45, 7) is 8.83. The Kier molecular flexibility index (Phi) is 8.00. The van der Waals surface area contributed by atoms with E-state index in [1.54, 1.807) is 0 Å². The quantitative estimate of drug-likeness (QED) is 0.288. The third-order valence-electron chi connectivity index (χ3n) is 7.65. The van der Waals surface area contributed by atoms with E-state index in [1.165, 1.54) is 5.56 Å². The predicted molar refractivity (Wildman–Crippen MR) is 161 cm³/mol. The summed E-state index contributed by atoms with van der Waals surface area (Å²) in [4.78, 5) is 24.1. The van der Waals surface area contributed by atoms with Gasteiger partial charge in [0.25, 0.3) is 0 Å². The summed E-state index contributed by atoms with van der Waals surface area (Å²) in [7, 11) is 2.03. The predicted octanol–water partition coefficient (Wildman–Crippen LogP) is 4.98.